The molecule has 108 valence electrons. The van der Waals surface area contributed by atoms with Gasteiger partial charge in [-0.2, -0.15) is 0 Å². The molecule has 0 spiro atoms. The van der Waals surface area contributed by atoms with Crippen LogP contribution in [0.2, 0.25) is 0 Å². The van der Waals surface area contributed by atoms with Crippen molar-refractivity contribution < 1.29 is 4.74 Å². The number of hydrogen-bond acceptors (Lipinski definition) is 3. The van der Waals surface area contributed by atoms with Crippen molar-refractivity contribution in [2.45, 2.75) is 32.6 Å². The van der Waals surface area contributed by atoms with Gasteiger partial charge >= 0.3 is 0 Å². The van der Waals surface area contributed by atoms with Crippen LogP contribution in [0.4, 0.5) is 0 Å². The van der Waals surface area contributed by atoms with E-state index in [1.54, 1.807) is 19.5 Å². The Balaban J connectivity index is 1.98. The lowest BCUT2D eigenvalue weighted by atomic mass is 10.1. The van der Waals surface area contributed by atoms with Crippen molar-refractivity contribution in [2.75, 3.05) is 7.11 Å². The van der Waals surface area contributed by atoms with Crippen LogP contribution in [-0.4, -0.2) is 17.1 Å². The highest BCUT2D eigenvalue weighted by Crippen LogP contribution is 2.08. The Morgan fingerprint density at radius 1 is 1.00 bits per heavy atom. The summed E-state index contributed by atoms with van der Waals surface area (Å²) in [5.74, 6) is 7.17. The number of unbranched alkanes of at least 4 members (excludes halogenated alkanes) is 2. The molecule has 0 fully saturated rings. The van der Waals surface area contributed by atoms with Crippen LogP contribution < -0.4 is 4.74 Å². The topological polar surface area (TPSA) is 35.0 Å². The molecule has 0 radical (unpaired) electrons. The van der Waals surface area contributed by atoms with E-state index in [4.69, 9.17) is 4.74 Å². The molecule has 0 unspecified atom stereocenters. The van der Waals surface area contributed by atoms with Gasteiger partial charge in [-0.3, -0.25) is 0 Å². The summed E-state index contributed by atoms with van der Waals surface area (Å²) in [5, 5.41) is 0. The number of methoxy groups -OCH3 is 1. The summed E-state index contributed by atoms with van der Waals surface area (Å²) in [5.41, 5.74) is 2.35. The monoisotopic (exact) mass is 280 g/mol. The highest BCUT2D eigenvalue weighted by atomic mass is 16.5. The molecule has 0 amide bonds. The van der Waals surface area contributed by atoms with Gasteiger partial charge in [0.1, 0.15) is 0 Å². The normalized spacial score (nSPS) is 9.81. The molecule has 0 saturated heterocycles. The van der Waals surface area contributed by atoms with Gasteiger partial charge in [-0.15, -0.1) is 0 Å². The van der Waals surface area contributed by atoms with Gasteiger partial charge in [0.15, 0.2) is 5.75 Å². The van der Waals surface area contributed by atoms with Crippen molar-refractivity contribution in [1.82, 2.24) is 9.97 Å². The molecular weight excluding hydrogens is 260 g/mol. The molecule has 3 heteroatoms. The smallest absolute Gasteiger partial charge is 0.205 e. The van der Waals surface area contributed by atoms with Gasteiger partial charge in [-0.25, -0.2) is 9.97 Å². The Morgan fingerprint density at radius 3 is 2.33 bits per heavy atom. The molecule has 2 rings (SSSR count). The van der Waals surface area contributed by atoms with Crippen molar-refractivity contribution in [1.29, 1.82) is 0 Å². The van der Waals surface area contributed by atoms with Gasteiger partial charge in [0.25, 0.3) is 0 Å². The zero-order chi connectivity index (χ0) is 14.9. The fourth-order valence-electron chi connectivity index (χ4n) is 1.95. The maximum absolute atomic E-state index is 5.01. The predicted octanol–water partition coefficient (Wildman–Crippen LogP) is 3.62. The van der Waals surface area contributed by atoms with Crippen LogP contribution in [0.5, 0.6) is 5.75 Å². The molecular formula is C18H20N2O. The minimum Gasteiger partial charge on any atom is -0.494 e. The third-order valence-electron chi connectivity index (χ3n) is 3.21. The van der Waals surface area contributed by atoms with Crippen LogP contribution in [0.15, 0.2) is 36.7 Å². The van der Waals surface area contributed by atoms with Gasteiger partial charge in [-0.05, 0) is 36.5 Å². The van der Waals surface area contributed by atoms with Crippen LogP contribution in [0.3, 0.4) is 0 Å². The molecule has 2 aromatic rings. The van der Waals surface area contributed by atoms with Crippen molar-refractivity contribution in [3.8, 4) is 17.6 Å². The number of benzene rings is 1. The average Bonchev–Trinajstić information content (AvgIpc) is 2.55. The number of aryl methyl sites for hydroxylation is 1. The fourth-order valence-corrected chi connectivity index (χ4v) is 1.95. The second kappa shape index (κ2) is 8.06. The Hall–Kier alpha value is -2.34. The van der Waals surface area contributed by atoms with Gasteiger partial charge in [0, 0.05) is 5.56 Å². The van der Waals surface area contributed by atoms with E-state index in [0.29, 0.717) is 11.6 Å². The van der Waals surface area contributed by atoms with Crippen LogP contribution >= 0.6 is 0 Å². The van der Waals surface area contributed by atoms with Crippen LogP contribution in [0, 0.1) is 11.8 Å². The van der Waals surface area contributed by atoms with E-state index in [1.165, 1.54) is 24.8 Å². The number of rotatable bonds is 5. The molecule has 0 saturated carbocycles. The van der Waals surface area contributed by atoms with Crippen LogP contribution in [0.25, 0.3) is 0 Å². The summed E-state index contributed by atoms with van der Waals surface area (Å²) >= 11 is 0. The fraction of sp³-hybridized carbons (Fsp3) is 0.333. The molecule has 0 aliphatic rings. The summed E-state index contributed by atoms with van der Waals surface area (Å²) in [4.78, 5) is 8.24. The molecule has 0 aliphatic carbocycles. The molecule has 3 nitrogen and oxygen atoms in total. The first-order valence-corrected chi connectivity index (χ1v) is 7.29. The molecule has 21 heavy (non-hydrogen) atoms. The molecule has 1 aromatic carbocycles. The lowest BCUT2D eigenvalue weighted by Gasteiger charge is -2.00. The molecule has 0 aliphatic heterocycles. The third-order valence-corrected chi connectivity index (χ3v) is 3.21. The molecule has 0 N–H and O–H groups in total. The first-order chi connectivity index (χ1) is 10.3. The molecule has 1 heterocycles. The number of ether oxygens (including phenoxy) is 1. The second-order valence-electron chi connectivity index (χ2n) is 4.85. The summed E-state index contributed by atoms with van der Waals surface area (Å²) in [6.45, 7) is 2.22. The summed E-state index contributed by atoms with van der Waals surface area (Å²) in [7, 11) is 1.59. The minimum absolute atomic E-state index is 0.503. The number of nitrogens with zero attached hydrogens (tertiary/aromatic N) is 2. The second-order valence-corrected chi connectivity index (χ2v) is 4.85. The van der Waals surface area contributed by atoms with Crippen LogP contribution in [0.1, 0.15) is 43.1 Å². The van der Waals surface area contributed by atoms with Gasteiger partial charge < -0.3 is 4.74 Å². The number of aromatic nitrogens is 2. The summed E-state index contributed by atoms with van der Waals surface area (Å²) in [6.07, 6.45) is 8.17. The van der Waals surface area contributed by atoms with E-state index in [2.05, 4.69) is 53.0 Å². The summed E-state index contributed by atoms with van der Waals surface area (Å²) < 4.78 is 5.01. The SMILES string of the molecule is CCCCCc1ccc(C#Cc2ncc(OC)cn2)cc1. The largest absolute Gasteiger partial charge is 0.494 e. The first-order valence-electron chi connectivity index (χ1n) is 7.29. The van der Waals surface area contributed by atoms with Crippen molar-refractivity contribution in [3.05, 3.63) is 53.6 Å². The highest BCUT2D eigenvalue weighted by Gasteiger charge is 1.95. The van der Waals surface area contributed by atoms with E-state index in [9.17, 15) is 0 Å². The zero-order valence-electron chi connectivity index (χ0n) is 12.6. The highest BCUT2D eigenvalue weighted by molar-refractivity contribution is 5.39. The van der Waals surface area contributed by atoms with Gasteiger partial charge in [0.2, 0.25) is 5.82 Å². The zero-order valence-corrected chi connectivity index (χ0v) is 12.6. The molecule has 1 aromatic heterocycles. The Labute approximate surface area is 126 Å². The van der Waals surface area contributed by atoms with Crippen molar-refractivity contribution in [2.24, 2.45) is 0 Å². The molecule has 0 atom stereocenters. The van der Waals surface area contributed by atoms with Gasteiger partial charge in [-0.1, -0.05) is 37.8 Å². The Morgan fingerprint density at radius 2 is 1.71 bits per heavy atom. The van der Waals surface area contributed by atoms with E-state index < -0.39 is 0 Å². The standard InChI is InChI=1S/C18H20N2O/c1-3-4-5-6-15-7-9-16(10-8-15)11-12-18-19-13-17(21-2)14-20-18/h7-10,13-14H,3-6H2,1-2H3. The van der Waals surface area contributed by atoms with E-state index in [0.717, 1.165) is 12.0 Å². The number of hydrogen-bond donors (Lipinski definition) is 0. The van der Waals surface area contributed by atoms with Crippen molar-refractivity contribution in [3.63, 3.8) is 0 Å². The predicted molar refractivity (Wildman–Crippen MR) is 84.2 cm³/mol. The first kappa shape index (κ1) is 15.1. The van der Waals surface area contributed by atoms with E-state index in [1.807, 2.05) is 0 Å². The molecule has 0 bridgehead atoms. The quantitative estimate of drug-likeness (QED) is 0.620. The lowest BCUT2D eigenvalue weighted by Crippen LogP contribution is -1.90. The lowest BCUT2D eigenvalue weighted by molar-refractivity contribution is 0.410. The maximum Gasteiger partial charge on any atom is 0.205 e. The van der Waals surface area contributed by atoms with E-state index in [-0.39, 0.29) is 0 Å². The van der Waals surface area contributed by atoms with Gasteiger partial charge in [0.05, 0.1) is 19.5 Å². The summed E-state index contributed by atoms with van der Waals surface area (Å²) in [6, 6.07) is 8.40. The third kappa shape index (κ3) is 4.92. The van der Waals surface area contributed by atoms with Crippen LogP contribution in [-0.2, 0) is 6.42 Å². The Bertz CT molecular complexity index is 606. The van der Waals surface area contributed by atoms with Crippen molar-refractivity contribution >= 4 is 0 Å². The minimum atomic E-state index is 0.503. The van der Waals surface area contributed by atoms with E-state index >= 15 is 0 Å². The maximum atomic E-state index is 5.01. The average molecular weight is 280 g/mol. The Kier molecular flexibility index (Phi) is 5.78.